The van der Waals surface area contributed by atoms with Gasteiger partial charge in [-0.3, -0.25) is 0 Å². The van der Waals surface area contributed by atoms with Crippen LogP contribution in [0.1, 0.15) is 0 Å². The van der Waals surface area contributed by atoms with Gasteiger partial charge in [-0.2, -0.15) is 0 Å². The highest BCUT2D eigenvalue weighted by Gasteiger charge is 2.70. The summed E-state index contributed by atoms with van der Waals surface area (Å²) < 4.78 is 7.29. The van der Waals surface area contributed by atoms with E-state index in [2.05, 4.69) is 138 Å². The van der Waals surface area contributed by atoms with E-state index in [1.807, 2.05) is 36.8 Å². The van der Waals surface area contributed by atoms with Crippen LogP contribution in [0.3, 0.4) is 0 Å². The minimum absolute atomic E-state index is 0.286. The highest BCUT2D eigenvalue weighted by Crippen LogP contribution is 2.56. The summed E-state index contributed by atoms with van der Waals surface area (Å²) in [5, 5.41) is 0. The van der Waals surface area contributed by atoms with Gasteiger partial charge in [-0.1, -0.05) is 54.6 Å². The van der Waals surface area contributed by atoms with E-state index in [1.54, 1.807) is 0 Å². The zero-order valence-electron chi connectivity index (χ0n) is 24.1. The quantitative estimate of drug-likeness (QED) is 0.231. The predicted octanol–water partition coefficient (Wildman–Crippen LogP) is 6.11. The molecule has 1 fully saturated rings. The lowest BCUT2D eigenvalue weighted by Crippen LogP contribution is -2.84. The molecule has 210 valence electrons. The normalized spacial score (nSPS) is 15.6. The smallest absolute Gasteiger partial charge is 0.366 e. The minimum Gasteiger partial charge on any atom is -0.366 e. The number of pyridine rings is 3. The first-order chi connectivity index (χ1) is 22.4. The zero-order valence-corrected chi connectivity index (χ0v) is 24.1. The van der Waals surface area contributed by atoms with E-state index in [0.29, 0.717) is 0 Å². The van der Waals surface area contributed by atoms with Gasteiger partial charge in [-0.15, -0.1) is 0 Å². The summed E-state index contributed by atoms with van der Waals surface area (Å²) in [6.07, 6.45) is 5.67. The summed E-state index contributed by atoms with van der Waals surface area (Å²) in [4.78, 5) is 22.4. The van der Waals surface area contributed by atoms with Crippen molar-refractivity contribution in [3.05, 3.63) is 146 Å². The fourth-order valence-electron chi connectivity index (χ4n) is 7.45. The molecule has 0 radical (unpaired) electrons. The second kappa shape index (κ2) is 9.30. The van der Waals surface area contributed by atoms with Crippen LogP contribution < -0.4 is 28.6 Å². The number of hydrogen-bond donors (Lipinski definition) is 0. The first-order valence-corrected chi connectivity index (χ1v) is 15.1. The molecule has 0 aliphatic carbocycles. The van der Waals surface area contributed by atoms with Gasteiger partial charge in [0.05, 0.1) is 17.1 Å². The molecule has 6 aromatic rings. The van der Waals surface area contributed by atoms with E-state index in [9.17, 15) is 0 Å². The van der Waals surface area contributed by atoms with Crippen LogP contribution in [0.25, 0.3) is 0 Å². The molecule has 0 unspecified atom stereocenters. The summed E-state index contributed by atoms with van der Waals surface area (Å²) in [7, 11) is -0.857. The maximum atomic E-state index is 5.07. The minimum atomic E-state index is -0.286. The van der Waals surface area contributed by atoms with Crippen molar-refractivity contribution in [3.63, 3.8) is 0 Å². The van der Waals surface area contributed by atoms with Crippen LogP contribution in [0, 0.1) is 0 Å². The standard InChI is InChI=1S/C33H24B3N9/c1-4-13-25(14-5-1)40-28-19-10-22-37-31(28)43-34(40)44-32-29(20-11-23-38-32)41(26-15-6-2-7-16-26)36(44)45-33-30(21-12-24-39-33)42(35(43)45)27-17-8-3-9-18-27/h1-24H. The van der Waals surface area contributed by atoms with Crippen LogP contribution in [-0.2, 0) is 0 Å². The average molecular weight is 579 g/mol. The number of fused-ring (bicyclic) bond motifs is 12. The van der Waals surface area contributed by atoms with E-state index >= 15 is 0 Å². The Kier molecular flexibility index (Phi) is 5.07. The molecule has 12 heteroatoms. The van der Waals surface area contributed by atoms with Gasteiger partial charge in [0.25, 0.3) is 0 Å². The zero-order chi connectivity index (χ0) is 29.5. The highest BCUT2D eigenvalue weighted by atomic mass is 15.6. The molecule has 45 heavy (non-hydrogen) atoms. The van der Waals surface area contributed by atoms with Crippen molar-refractivity contribution in [3.8, 4) is 0 Å². The molecule has 4 aliphatic rings. The van der Waals surface area contributed by atoms with Crippen LogP contribution >= 0.6 is 0 Å². The van der Waals surface area contributed by atoms with Crippen LogP contribution in [0.15, 0.2) is 146 Å². The van der Waals surface area contributed by atoms with Gasteiger partial charge in [0.2, 0.25) is 0 Å². The van der Waals surface area contributed by atoms with Crippen molar-refractivity contribution in [2.75, 3.05) is 28.6 Å². The Bertz CT molecular complexity index is 1810. The second-order valence-corrected chi connectivity index (χ2v) is 11.4. The first-order valence-electron chi connectivity index (χ1n) is 15.1. The van der Waals surface area contributed by atoms with Gasteiger partial charge in [-0.05, 0) is 72.8 Å². The van der Waals surface area contributed by atoms with Gasteiger partial charge < -0.3 is 28.6 Å². The summed E-state index contributed by atoms with van der Waals surface area (Å²) in [6, 6.07) is 44.4. The number of nitrogens with zero attached hydrogens (tertiary/aromatic N) is 9. The van der Waals surface area contributed by atoms with Gasteiger partial charge >= 0.3 is 21.4 Å². The molecule has 3 aromatic carbocycles. The maximum Gasteiger partial charge on any atom is 0.492 e. The Hall–Kier alpha value is -5.90. The number of para-hydroxylation sites is 3. The van der Waals surface area contributed by atoms with E-state index < -0.39 is 0 Å². The summed E-state index contributed by atoms with van der Waals surface area (Å²) >= 11 is 0. The van der Waals surface area contributed by atoms with Crippen LogP contribution in [-0.4, -0.2) is 36.3 Å². The molecule has 0 bridgehead atoms. The largest absolute Gasteiger partial charge is 0.492 e. The van der Waals surface area contributed by atoms with E-state index in [0.717, 1.165) is 51.6 Å². The third-order valence-corrected chi connectivity index (χ3v) is 9.10. The fraction of sp³-hybridized carbons (Fsp3) is 0. The summed E-state index contributed by atoms with van der Waals surface area (Å²) in [5.41, 5.74) is 6.39. The molecule has 7 heterocycles. The molecule has 0 saturated carbocycles. The predicted molar refractivity (Wildman–Crippen MR) is 183 cm³/mol. The number of rotatable bonds is 3. The first kappa shape index (κ1) is 24.5. The number of hydrogen-bond acceptors (Lipinski definition) is 9. The monoisotopic (exact) mass is 579 g/mol. The topological polar surface area (TPSA) is 58.1 Å². The Morgan fingerprint density at radius 3 is 0.911 bits per heavy atom. The van der Waals surface area contributed by atoms with Crippen LogP contribution in [0.5, 0.6) is 0 Å². The molecule has 0 N–H and O–H groups in total. The Morgan fingerprint density at radius 1 is 0.333 bits per heavy atom. The SMILES string of the molecule is c1ccc(N2B3N(B4N(B5N3c3ncccc3N5c3ccccc3)c3ncccc3N4c3ccccc3)c3ncccc32)cc1. The summed E-state index contributed by atoms with van der Waals surface area (Å²) in [6.45, 7) is 0. The van der Waals surface area contributed by atoms with Crippen molar-refractivity contribution in [2.24, 2.45) is 0 Å². The third kappa shape index (κ3) is 3.28. The van der Waals surface area contributed by atoms with Gasteiger partial charge in [0.15, 0.2) is 0 Å². The fourth-order valence-corrected chi connectivity index (χ4v) is 7.45. The molecular weight excluding hydrogens is 555 g/mol. The lowest BCUT2D eigenvalue weighted by molar-refractivity contribution is 1.19. The third-order valence-electron chi connectivity index (χ3n) is 9.10. The molecule has 1 saturated heterocycles. The molecule has 4 aliphatic heterocycles. The van der Waals surface area contributed by atoms with E-state index in [4.69, 9.17) is 15.0 Å². The average Bonchev–Trinajstić information content (AvgIpc) is 3.75. The highest BCUT2D eigenvalue weighted by molar-refractivity contribution is 7.11. The van der Waals surface area contributed by atoms with Crippen molar-refractivity contribution in [2.45, 2.75) is 0 Å². The van der Waals surface area contributed by atoms with Crippen LogP contribution in [0.2, 0.25) is 0 Å². The molecule has 9 nitrogen and oxygen atoms in total. The Labute approximate surface area is 262 Å². The maximum absolute atomic E-state index is 5.07. The number of benzene rings is 3. The Morgan fingerprint density at radius 2 is 0.622 bits per heavy atom. The summed E-state index contributed by atoms with van der Waals surface area (Å²) in [5.74, 6) is 2.72. The van der Waals surface area contributed by atoms with Gasteiger partial charge in [-0.25, -0.2) is 15.0 Å². The molecule has 10 rings (SSSR count). The van der Waals surface area contributed by atoms with E-state index in [1.165, 1.54) is 0 Å². The molecule has 0 atom stereocenters. The number of aromatic nitrogens is 3. The molecule has 0 spiro atoms. The van der Waals surface area contributed by atoms with Crippen molar-refractivity contribution in [1.29, 1.82) is 0 Å². The lowest BCUT2D eigenvalue weighted by Gasteiger charge is -2.50. The van der Waals surface area contributed by atoms with Crippen LogP contribution in [0.4, 0.5) is 51.6 Å². The number of anilines is 9. The van der Waals surface area contributed by atoms with E-state index in [-0.39, 0.29) is 21.4 Å². The Balaban J connectivity index is 1.30. The lowest BCUT2D eigenvalue weighted by atomic mass is 9.56. The molecular formula is C33H24B3N9. The van der Waals surface area contributed by atoms with Crippen molar-refractivity contribution < 1.29 is 0 Å². The van der Waals surface area contributed by atoms with Gasteiger partial charge in [0, 0.05) is 35.7 Å². The van der Waals surface area contributed by atoms with Crippen molar-refractivity contribution >= 4 is 72.9 Å². The molecule has 3 aromatic heterocycles. The van der Waals surface area contributed by atoms with Crippen molar-refractivity contribution in [1.82, 2.24) is 15.0 Å². The second-order valence-electron chi connectivity index (χ2n) is 11.4. The molecule has 0 amide bonds. The van der Waals surface area contributed by atoms with Gasteiger partial charge in [0.1, 0.15) is 17.5 Å².